The van der Waals surface area contributed by atoms with Crippen molar-refractivity contribution in [2.45, 2.75) is 251 Å². The van der Waals surface area contributed by atoms with E-state index in [9.17, 15) is 19.8 Å². The molecule has 0 aliphatic carbocycles. The van der Waals surface area contributed by atoms with E-state index in [4.69, 9.17) is 4.74 Å². The normalized spacial score (nSPS) is 13.1. The van der Waals surface area contributed by atoms with Crippen molar-refractivity contribution in [2.24, 2.45) is 0 Å². The molecule has 2 unspecified atom stereocenters. The lowest BCUT2D eigenvalue weighted by atomic mass is 10.1. The van der Waals surface area contributed by atoms with Gasteiger partial charge in [-0.2, -0.15) is 0 Å². The van der Waals surface area contributed by atoms with Gasteiger partial charge in [-0.25, -0.2) is 0 Å². The number of amides is 1. The van der Waals surface area contributed by atoms with Gasteiger partial charge in [0, 0.05) is 12.8 Å². The van der Waals surface area contributed by atoms with Gasteiger partial charge in [0.1, 0.15) is 0 Å². The number of rotatable bonds is 44. The van der Waals surface area contributed by atoms with Crippen LogP contribution in [-0.2, 0) is 14.3 Å². The first-order valence-corrected chi connectivity index (χ1v) is 24.4. The fourth-order valence-electron chi connectivity index (χ4n) is 7.01. The molecule has 0 aliphatic heterocycles. The van der Waals surface area contributed by atoms with Crippen LogP contribution >= 0.6 is 0 Å². The molecule has 0 fully saturated rings. The lowest BCUT2D eigenvalue weighted by Gasteiger charge is -2.20. The summed E-state index contributed by atoms with van der Waals surface area (Å²) >= 11 is 0. The Kier molecular flexibility index (Phi) is 44.7. The first kappa shape index (κ1) is 54.8. The standard InChI is InChI=1S/C51H93NO5/c1-3-5-7-9-11-13-15-16-17-18-19-20-25-29-33-37-41-45-51(56)57-46-42-38-34-30-26-22-21-24-28-32-36-40-44-50(55)52-48(47-53)49(54)43-39-35-31-27-23-14-12-10-8-6-4-2/h11,13,16-17,22,26,39,43,48-49,53-54H,3-10,12,14-15,18-21,23-25,27-38,40-42,44-47H2,1-2H3,(H,52,55)/b13-11-,17-16-,26-22-,43-39+. The molecule has 6 nitrogen and oxygen atoms in total. The molecule has 6 heteroatoms. The van der Waals surface area contributed by atoms with Crippen LogP contribution in [0.5, 0.6) is 0 Å². The van der Waals surface area contributed by atoms with Gasteiger partial charge in [0.2, 0.25) is 5.91 Å². The van der Waals surface area contributed by atoms with E-state index in [1.165, 1.54) is 122 Å². The SMILES string of the molecule is CCCCC/C=C\C/C=C\CCCCCCCCCC(=O)OCCCCC/C=C\CCCCCCCC(=O)NC(CO)C(O)/C=C/CCCCCCCCCCC. The van der Waals surface area contributed by atoms with E-state index in [2.05, 4.69) is 55.6 Å². The van der Waals surface area contributed by atoms with Crippen molar-refractivity contribution in [3.63, 3.8) is 0 Å². The third-order valence-electron chi connectivity index (χ3n) is 10.8. The smallest absolute Gasteiger partial charge is 0.305 e. The van der Waals surface area contributed by atoms with Crippen molar-refractivity contribution in [1.29, 1.82) is 0 Å². The number of carbonyl (C=O) groups is 2. The van der Waals surface area contributed by atoms with Gasteiger partial charge in [-0.1, -0.05) is 178 Å². The zero-order chi connectivity index (χ0) is 41.5. The second-order valence-electron chi connectivity index (χ2n) is 16.4. The van der Waals surface area contributed by atoms with E-state index >= 15 is 0 Å². The average Bonchev–Trinajstić information content (AvgIpc) is 3.21. The molecule has 0 spiro atoms. The summed E-state index contributed by atoms with van der Waals surface area (Å²) in [5.41, 5.74) is 0. The summed E-state index contributed by atoms with van der Waals surface area (Å²) in [6.45, 7) is 4.78. The van der Waals surface area contributed by atoms with Gasteiger partial charge >= 0.3 is 5.97 Å². The number of allylic oxidation sites excluding steroid dienone is 7. The molecule has 0 saturated heterocycles. The fraction of sp³-hybridized carbons (Fsp3) is 0.804. The Morgan fingerprint density at radius 1 is 0.491 bits per heavy atom. The molecule has 2 atom stereocenters. The van der Waals surface area contributed by atoms with Gasteiger partial charge in [-0.15, -0.1) is 0 Å². The largest absolute Gasteiger partial charge is 0.466 e. The molecule has 0 aromatic rings. The van der Waals surface area contributed by atoms with Crippen LogP contribution in [-0.4, -0.2) is 47.4 Å². The number of aliphatic hydroxyl groups is 2. The molecule has 3 N–H and O–H groups in total. The number of nitrogens with one attached hydrogen (secondary N) is 1. The highest BCUT2D eigenvalue weighted by Gasteiger charge is 2.18. The van der Waals surface area contributed by atoms with E-state index in [1.807, 2.05) is 6.08 Å². The van der Waals surface area contributed by atoms with Gasteiger partial charge in [-0.05, 0) is 96.3 Å². The van der Waals surface area contributed by atoms with Gasteiger partial charge in [-0.3, -0.25) is 9.59 Å². The summed E-state index contributed by atoms with van der Waals surface area (Å²) in [6, 6.07) is -0.646. The van der Waals surface area contributed by atoms with Crippen LogP contribution < -0.4 is 5.32 Å². The molecular weight excluding hydrogens is 707 g/mol. The van der Waals surface area contributed by atoms with Crippen LogP contribution in [0.3, 0.4) is 0 Å². The molecule has 0 aromatic carbocycles. The topological polar surface area (TPSA) is 95.9 Å². The Hall–Kier alpha value is -2.18. The highest BCUT2D eigenvalue weighted by Crippen LogP contribution is 2.13. The average molecular weight is 800 g/mol. The van der Waals surface area contributed by atoms with E-state index in [0.717, 1.165) is 89.9 Å². The number of carbonyl (C=O) groups excluding carboxylic acids is 2. The van der Waals surface area contributed by atoms with Crippen LogP contribution in [0.1, 0.15) is 239 Å². The zero-order valence-corrected chi connectivity index (χ0v) is 37.6. The van der Waals surface area contributed by atoms with Crippen molar-refractivity contribution >= 4 is 11.9 Å². The quantitative estimate of drug-likeness (QED) is 0.0324. The number of aliphatic hydroxyl groups excluding tert-OH is 2. The summed E-state index contributed by atoms with van der Waals surface area (Å²) in [6.07, 6.45) is 56.7. The lowest BCUT2D eigenvalue weighted by Crippen LogP contribution is -2.45. The predicted octanol–water partition coefficient (Wildman–Crippen LogP) is 14.3. The summed E-state index contributed by atoms with van der Waals surface area (Å²) in [5.74, 6) is -0.131. The third kappa shape index (κ3) is 43.2. The molecule has 0 radical (unpaired) electrons. The first-order chi connectivity index (χ1) is 28.0. The maximum Gasteiger partial charge on any atom is 0.305 e. The highest BCUT2D eigenvalue weighted by molar-refractivity contribution is 5.76. The minimum absolute atomic E-state index is 0.0335. The number of ether oxygens (including phenoxy) is 1. The van der Waals surface area contributed by atoms with Crippen molar-refractivity contribution in [1.82, 2.24) is 5.32 Å². The summed E-state index contributed by atoms with van der Waals surface area (Å²) in [7, 11) is 0. The van der Waals surface area contributed by atoms with Crippen molar-refractivity contribution in [3.05, 3.63) is 48.6 Å². The van der Waals surface area contributed by atoms with Crippen LogP contribution in [0, 0.1) is 0 Å². The molecule has 0 aromatic heterocycles. The molecule has 0 rings (SSSR count). The maximum absolute atomic E-state index is 12.4. The van der Waals surface area contributed by atoms with Crippen LogP contribution in [0.4, 0.5) is 0 Å². The van der Waals surface area contributed by atoms with Crippen LogP contribution in [0.2, 0.25) is 0 Å². The summed E-state index contributed by atoms with van der Waals surface area (Å²) < 4.78 is 5.44. The van der Waals surface area contributed by atoms with Crippen molar-refractivity contribution < 1.29 is 24.5 Å². The van der Waals surface area contributed by atoms with Crippen LogP contribution in [0.25, 0.3) is 0 Å². The molecule has 0 saturated carbocycles. The summed E-state index contributed by atoms with van der Waals surface area (Å²) in [4.78, 5) is 24.4. The van der Waals surface area contributed by atoms with Crippen molar-refractivity contribution in [3.8, 4) is 0 Å². The van der Waals surface area contributed by atoms with E-state index in [1.54, 1.807) is 6.08 Å². The number of hydrogen-bond donors (Lipinski definition) is 3. The molecule has 0 aliphatic rings. The number of unbranched alkanes of at least 4 members (excludes halogenated alkanes) is 27. The molecule has 1 amide bonds. The summed E-state index contributed by atoms with van der Waals surface area (Å²) in [5, 5.41) is 22.9. The zero-order valence-electron chi connectivity index (χ0n) is 37.6. The van der Waals surface area contributed by atoms with Crippen molar-refractivity contribution in [2.75, 3.05) is 13.2 Å². The first-order valence-electron chi connectivity index (χ1n) is 24.4. The Morgan fingerprint density at radius 3 is 1.39 bits per heavy atom. The predicted molar refractivity (Wildman–Crippen MR) is 245 cm³/mol. The van der Waals surface area contributed by atoms with Crippen LogP contribution in [0.15, 0.2) is 48.6 Å². The lowest BCUT2D eigenvalue weighted by molar-refractivity contribution is -0.143. The Bertz CT molecular complexity index is 973. The second-order valence-corrected chi connectivity index (χ2v) is 16.4. The molecule has 57 heavy (non-hydrogen) atoms. The maximum atomic E-state index is 12.4. The van der Waals surface area contributed by atoms with E-state index < -0.39 is 12.1 Å². The Balaban J connectivity index is 3.54. The van der Waals surface area contributed by atoms with Gasteiger partial charge in [0.15, 0.2) is 0 Å². The van der Waals surface area contributed by atoms with E-state index in [-0.39, 0.29) is 18.5 Å². The highest BCUT2D eigenvalue weighted by atomic mass is 16.5. The Labute approximate surface area is 353 Å². The van der Waals surface area contributed by atoms with Gasteiger partial charge < -0.3 is 20.3 Å². The fourth-order valence-corrected chi connectivity index (χ4v) is 7.01. The molecule has 0 heterocycles. The van der Waals surface area contributed by atoms with Gasteiger partial charge in [0.05, 0.1) is 25.4 Å². The third-order valence-corrected chi connectivity index (χ3v) is 10.8. The second kappa shape index (κ2) is 46.5. The number of esters is 1. The molecule has 0 bridgehead atoms. The van der Waals surface area contributed by atoms with Gasteiger partial charge in [0.25, 0.3) is 0 Å². The minimum atomic E-state index is -0.860. The Morgan fingerprint density at radius 2 is 0.877 bits per heavy atom. The monoisotopic (exact) mass is 800 g/mol. The minimum Gasteiger partial charge on any atom is -0.466 e. The molecular formula is C51H93NO5. The molecule has 332 valence electrons. The number of hydrogen-bond acceptors (Lipinski definition) is 5. The van der Waals surface area contributed by atoms with E-state index in [0.29, 0.717) is 19.4 Å².